The van der Waals surface area contributed by atoms with Gasteiger partial charge in [0.05, 0.1) is 12.6 Å². The normalized spacial score (nSPS) is 15.4. The first-order valence-corrected chi connectivity index (χ1v) is 12.1. The number of aromatic nitrogens is 5. The lowest BCUT2D eigenvalue weighted by Gasteiger charge is -2.35. The standard InChI is InChI=1S/C27H27N7O3/c1-18-14-24(37-21-11-9-19(10-12-21)25(28)35)32-26(31-18)23-8-4-5-13-34(23)27(36)22-7-3-2-6-20(22)15-33-17-29-16-30-33/h2-3,6-7,9-12,14,16-17,23H,4-5,8,13,15H2,1H3,(H2,28,35). The highest BCUT2D eigenvalue weighted by atomic mass is 16.5. The van der Waals surface area contributed by atoms with Crippen molar-refractivity contribution in [2.75, 3.05) is 6.54 Å². The van der Waals surface area contributed by atoms with Crippen LogP contribution in [0.4, 0.5) is 0 Å². The smallest absolute Gasteiger partial charge is 0.254 e. The van der Waals surface area contributed by atoms with E-state index in [1.807, 2.05) is 36.1 Å². The Labute approximate surface area is 214 Å². The molecule has 1 aliphatic heterocycles. The Hall–Kier alpha value is -4.60. The fraction of sp³-hybridized carbons (Fsp3) is 0.259. The van der Waals surface area contributed by atoms with Gasteiger partial charge >= 0.3 is 0 Å². The average molecular weight is 498 g/mol. The molecule has 2 aromatic carbocycles. The van der Waals surface area contributed by atoms with Crippen LogP contribution in [0.3, 0.4) is 0 Å². The molecular weight excluding hydrogens is 470 g/mol. The van der Waals surface area contributed by atoms with Crippen molar-refractivity contribution in [3.63, 3.8) is 0 Å². The molecule has 188 valence electrons. The predicted octanol–water partition coefficient (Wildman–Crippen LogP) is 3.68. The van der Waals surface area contributed by atoms with Gasteiger partial charge in [0.2, 0.25) is 11.8 Å². The van der Waals surface area contributed by atoms with Gasteiger partial charge in [-0.05, 0) is 62.1 Å². The number of hydrogen-bond donors (Lipinski definition) is 1. The summed E-state index contributed by atoms with van der Waals surface area (Å²) in [4.78, 5) is 40.4. The maximum atomic E-state index is 13.8. The van der Waals surface area contributed by atoms with Crippen LogP contribution in [0.2, 0.25) is 0 Å². The van der Waals surface area contributed by atoms with E-state index in [-0.39, 0.29) is 11.9 Å². The number of carbonyl (C=O) groups is 2. The molecule has 1 atom stereocenters. The lowest BCUT2D eigenvalue weighted by atomic mass is 9.98. The van der Waals surface area contributed by atoms with E-state index >= 15 is 0 Å². The molecular formula is C27H27N7O3. The molecule has 1 fully saturated rings. The van der Waals surface area contributed by atoms with Crippen LogP contribution in [0.5, 0.6) is 11.6 Å². The third-order valence-electron chi connectivity index (χ3n) is 6.32. The minimum Gasteiger partial charge on any atom is -0.439 e. The van der Waals surface area contributed by atoms with Crippen molar-refractivity contribution < 1.29 is 14.3 Å². The van der Waals surface area contributed by atoms with E-state index in [0.29, 0.717) is 41.7 Å². The van der Waals surface area contributed by atoms with E-state index in [1.54, 1.807) is 41.3 Å². The molecule has 0 saturated carbocycles. The number of carbonyl (C=O) groups excluding carboxylic acids is 2. The van der Waals surface area contributed by atoms with Gasteiger partial charge in [-0.3, -0.25) is 9.59 Å². The summed E-state index contributed by atoms with van der Waals surface area (Å²) >= 11 is 0. The van der Waals surface area contributed by atoms with E-state index in [1.165, 1.54) is 6.33 Å². The van der Waals surface area contributed by atoms with E-state index in [0.717, 1.165) is 30.5 Å². The number of piperidine rings is 1. The molecule has 10 heteroatoms. The second kappa shape index (κ2) is 10.6. The van der Waals surface area contributed by atoms with E-state index in [2.05, 4.69) is 20.1 Å². The topological polar surface area (TPSA) is 129 Å². The molecule has 1 saturated heterocycles. The summed E-state index contributed by atoms with van der Waals surface area (Å²) in [6.45, 7) is 2.94. The number of hydrogen-bond acceptors (Lipinski definition) is 7. The van der Waals surface area contributed by atoms with Gasteiger partial charge in [0, 0.05) is 29.4 Å². The Balaban J connectivity index is 1.41. The fourth-order valence-corrected chi connectivity index (χ4v) is 4.52. The summed E-state index contributed by atoms with van der Waals surface area (Å²) in [6.07, 6.45) is 5.75. The van der Waals surface area contributed by atoms with Gasteiger partial charge in [0.1, 0.15) is 18.4 Å². The Morgan fingerprint density at radius 2 is 1.89 bits per heavy atom. The zero-order valence-electron chi connectivity index (χ0n) is 20.4. The number of amides is 2. The summed E-state index contributed by atoms with van der Waals surface area (Å²) < 4.78 is 7.66. The zero-order valence-corrected chi connectivity index (χ0v) is 20.4. The molecule has 2 aromatic heterocycles. The van der Waals surface area contributed by atoms with Gasteiger partial charge in [-0.25, -0.2) is 14.6 Å². The average Bonchev–Trinajstić information content (AvgIpc) is 3.42. The molecule has 2 amide bonds. The first kappa shape index (κ1) is 24.1. The molecule has 2 N–H and O–H groups in total. The van der Waals surface area contributed by atoms with Gasteiger partial charge in [-0.15, -0.1) is 0 Å². The highest BCUT2D eigenvalue weighted by Gasteiger charge is 2.32. The number of nitrogens with two attached hydrogens (primary N) is 1. The monoisotopic (exact) mass is 497 g/mol. The maximum Gasteiger partial charge on any atom is 0.254 e. The number of benzene rings is 2. The van der Waals surface area contributed by atoms with Gasteiger partial charge in [-0.2, -0.15) is 10.1 Å². The van der Waals surface area contributed by atoms with Gasteiger partial charge in [0.15, 0.2) is 5.82 Å². The third-order valence-corrected chi connectivity index (χ3v) is 6.32. The quantitative estimate of drug-likeness (QED) is 0.412. The van der Waals surface area contributed by atoms with Crippen LogP contribution in [0.1, 0.15) is 63.1 Å². The molecule has 3 heterocycles. The minimum absolute atomic E-state index is 0.0602. The molecule has 0 aliphatic carbocycles. The number of ether oxygens (including phenoxy) is 1. The van der Waals surface area contributed by atoms with Crippen molar-refractivity contribution in [3.05, 3.63) is 95.5 Å². The molecule has 10 nitrogen and oxygen atoms in total. The van der Waals surface area contributed by atoms with Gasteiger partial charge in [-0.1, -0.05) is 18.2 Å². The van der Waals surface area contributed by atoms with E-state index < -0.39 is 5.91 Å². The number of likely N-dealkylation sites (tertiary alicyclic amines) is 1. The lowest BCUT2D eigenvalue weighted by Crippen LogP contribution is -2.39. The van der Waals surface area contributed by atoms with Gasteiger partial charge in [0.25, 0.3) is 5.91 Å². The Morgan fingerprint density at radius 3 is 2.65 bits per heavy atom. The zero-order chi connectivity index (χ0) is 25.8. The number of rotatable bonds is 7. The summed E-state index contributed by atoms with van der Waals surface area (Å²) in [6, 6.07) is 15.6. The second-order valence-corrected chi connectivity index (χ2v) is 8.96. The molecule has 0 spiro atoms. The Morgan fingerprint density at radius 1 is 1.08 bits per heavy atom. The van der Waals surface area contributed by atoms with Crippen molar-refractivity contribution in [3.8, 4) is 11.6 Å². The highest BCUT2D eigenvalue weighted by molar-refractivity contribution is 5.96. The molecule has 1 unspecified atom stereocenters. The van der Waals surface area contributed by atoms with Crippen molar-refractivity contribution in [2.24, 2.45) is 5.73 Å². The molecule has 4 aromatic rings. The second-order valence-electron chi connectivity index (χ2n) is 8.96. The maximum absolute atomic E-state index is 13.8. The Kier molecular flexibility index (Phi) is 6.89. The summed E-state index contributed by atoms with van der Waals surface area (Å²) in [5, 5.41) is 4.18. The Bertz CT molecular complexity index is 1400. The third kappa shape index (κ3) is 5.48. The summed E-state index contributed by atoms with van der Waals surface area (Å²) in [7, 11) is 0. The van der Waals surface area contributed by atoms with Crippen molar-refractivity contribution in [1.29, 1.82) is 0 Å². The molecule has 1 aliphatic rings. The molecule has 0 bridgehead atoms. The van der Waals surface area contributed by atoms with E-state index in [4.69, 9.17) is 10.5 Å². The van der Waals surface area contributed by atoms with Gasteiger partial charge < -0.3 is 15.4 Å². The summed E-state index contributed by atoms with van der Waals surface area (Å²) in [5.74, 6) is 0.878. The minimum atomic E-state index is -0.503. The predicted molar refractivity (Wildman–Crippen MR) is 135 cm³/mol. The van der Waals surface area contributed by atoms with Crippen LogP contribution in [-0.2, 0) is 6.54 Å². The van der Waals surface area contributed by atoms with Crippen LogP contribution >= 0.6 is 0 Å². The van der Waals surface area contributed by atoms with Crippen molar-refractivity contribution >= 4 is 11.8 Å². The number of primary amides is 1. The van der Waals surface area contributed by atoms with Crippen LogP contribution in [0, 0.1) is 6.92 Å². The first-order valence-electron chi connectivity index (χ1n) is 12.1. The summed E-state index contributed by atoms with van der Waals surface area (Å²) in [5.41, 5.74) is 7.95. The van der Waals surface area contributed by atoms with Crippen molar-refractivity contribution in [1.82, 2.24) is 29.6 Å². The SMILES string of the molecule is Cc1cc(Oc2ccc(C(N)=O)cc2)nc(C2CCCCN2C(=O)c2ccccc2Cn2cncn2)n1. The number of aryl methyl sites for hydroxylation is 1. The lowest BCUT2D eigenvalue weighted by molar-refractivity contribution is 0.0597. The molecule has 37 heavy (non-hydrogen) atoms. The first-order chi connectivity index (χ1) is 18.0. The number of nitrogens with zero attached hydrogens (tertiary/aromatic N) is 6. The molecule has 5 rings (SSSR count). The fourth-order valence-electron chi connectivity index (χ4n) is 4.52. The van der Waals surface area contributed by atoms with Crippen LogP contribution in [0.15, 0.2) is 67.3 Å². The van der Waals surface area contributed by atoms with Crippen LogP contribution < -0.4 is 10.5 Å². The van der Waals surface area contributed by atoms with Crippen LogP contribution in [0.25, 0.3) is 0 Å². The van der Waals surface area contributed by atoms with E-state index in [9.17, 15) is 9.59 Å². The highest BCUT2D eigenvalue weighted by Crippen LogP contribution is 2.32. The van der Waals surface area contributed by atoms with Crippen LogP contribution in [-0.4, -0.2) is 48.0 Å². The van der Waals surface area contributed by atoms with Crippen molar-refractivity contribution in [2.45, 2.75) is 38.8 Å². The molecule has 0 radical (unpaired) electrons. The largest absolute Gasteiger partial charge is 0.439 e.